The average Bonchev–Trinajstić information content (AvgIpc) is 2.22. The van der Waals surface area contributed by atoms with Crippen LogP contribution in [-0.2, 0) is 16.2 Å². The fourth-order valence-corrected chi connectivity index (χ4v) is 3.31. The molecule has 22 heavy (non-hydrogen) atoms. The van der Waals surface area contributed by atoms with Gasteiger partial charge in [-0.05, 0) is 44.8 Å². The van der Waals surface area contributed by atoms with E-state index in [4.69, 9.17) is 0 Å². The molecule has 0 aliphatic rings. The molecule has 0 aliphatic carbocycles. The zero-order chi connectivity index (χ0) is 17.6. The van der Waals surface area contributed by atoms with Crippen LogP contribution in [0, 0.1) is 5.41 Å². The molecule has 126 valence electrons. The lowest BCUT2D eigenvalue weighted by atomic mass is 9.69. The van der Waals surface area contributed by atoms with E-state index in [9.17, 15) is 0 Å². The quantitative estimate of drug-likeness (QED) is 0.552. The molecular weight excluding hydrogens is 264 g/mol. The summed E-state index contributed by atoms with van der Waals surface area (Å²) in [5.41, 5.74) is 5.30. The maximum Gasteiger partial charge on any atom is -0.00984 e. The summed E-state index contributed by atoms with van der Waals surface area (Å²) in [6.45, 7) is 25.7. The molecule has 1 rings (SSSR count). The summed E-state index contributed by atoms with van der Waals surface area (Å²) >= 11 is 0. The van der Waals surface area contributed by atoms with Gasteiger partial charge in [-0.1, -0.05) is 94.4 Å². The van der Waals surface area contributed by atoms with Crippen molar-refractivity contribution in [3.63, 3.8) is 0 Å². The summed E-state index contributed by atoms with van der Waals surface area (Å²) in [7, 11) is 0. The molecule has 0 heteroatoms. The summed E-state index contributed by atoms with van der Waals surface area (Å²) in [5, 5.41) is 0. The Bertz CT molecular complexity index is 478. The number of hydrogen-bond donors (Lipinski definition) is 0. The Balaban J connectivity index is 3.48. The van der Waals surface area contributed by atoms with E-state index in [1.54, 1.807) is 0 Å². The second kappa shape index (κ2) is 5.69. The van der Waals surface area contributed by atoms with Crippen LogP contribution in [0.15, 0.2) is 18.2 Å². The lowest BCUT2D eigenvalue weighted by molar-refractivity contribution is 0.283. The monoisotopic (exact) mass is 302 g/mol. The first-order valence-corrected chi connectivity index (χ1v) is 8.69. The Morgan fingerprint density at radius 3 is 1.14 bits per heavy atom. The van der Waals surface area contributed by atoms with E-state index >= 15 is 0 Å². The van der Waals surface area contributed by atoms with E-state index in [0.717, 1.165) is 0 Å². The molecule has 0 fully saturated rings. The Labute approximate surface area is 139 Å². The van der Waals surface area contributed by atoms with Gasteiger partial charge in [0.2, 0.25) is 0 Å². The van der Waals surface area contributed by atoms with E-state index < -0.39 is 0 Å². The molecule has 0 saturated heterocycles. The lowest BCUT2D eigenvalue weighted by Gasteiger charge is -2.35. The van der Waals surface area contributed by atoms with E-state index in [1.807, 2.05) is 0 Å². The molecule has 1 aromatic rings. The summed E-state index contributed by atoms with van der Waals surface area (Å²) in [4.78, 5) is 0. The first-order chi connectivity index (χ1) is 9.52. The van der Waals surface area contributed by atoms with Crippen molar-refractivity contribution in [3.8, 4) is 0 Å². The van der Waals surface area contributed by atoms with Crippen LogP contribution in [0.3, 0.4) is 0 Å². The van der Waals surface area contributed by atoms with Crippen molar-refractivity contribution in [3.05, 3.63) is 34.9 Å². The first kappa shape index (κ1) is 19.3. The molecule has 0 heterocycles. The van der Waals surface area contributed by atoms with Crippen molar-refractivity contribution >= 4 is 0 Å². The Kier molecular flexibility index (Phi) is 4.99. The molecule has 0 atom stereocenters. The summed E-state index contributed by atoms with van der Waals surface area (Å²) in [6.07, 6.45) is 1.19. The minimum Gasteiger partial charge on any atom is -0.0601 e. The molecule has 0 N–H and O–H groups in total. The Morgan fingerprint density at radius 1 is 0.545 bits per heavy atom. The van der Waals surface area contributed by atoms with Gasteiger partial charge in [0.05, 0.1) is 0 Å². The minimum absolute atomic E-state index is 0.188. The van der Waals surface area contributed by atoms with Crippen LogP contribution in [0.1, 0.15) is 99.3 Å². The topological polar surface area (TPSA) is 0 Å². The van der Waals surface area contributed by atoms with Gasteiger partial charge < -0.3 is 0 Å². The zero-order valence-corrected chi connectivity index (χ0v) is 16.9. The molecule has 0 bridgehead atoms. The highest BCUT2D eigenvalue weighted by Gasteiger charge is 2.30. The molecular formula is C22H38. The minimum atomic E-state index is 0.188. The third-order valence-corrected chi connectivity index (χ3v) is 4.42. The molecule has 0 aliphatic heterocycles. The average molecular weight is 303 g/mol. The summed E-state index contributed by atoms with van der Waals surface area (Å²) in [5.74, 6) is 0. The highest BCUT2D eigenvalue weighted by Crippen LogP contribution is 2.39. The van der Waals surface area contributed by atoms with E-state index in [1.165, 1.54) is 23.1 Å². The standard InChI is InChI=1S/C22H38/c1-19(2,3)15-22(10,11)18-13-16(20(4,5)6)12-17(14-18)21(7,8)9/h12-14H,15H2,1-11H3. The van der Waals surface area contributed by atoms with Gasteiger partial charge in [-0.25, -0.2) is 0 Å². The lowest BCUT2D eigenvalue weighted by Crippen LogP contribution is -2.27. The summed E-state index contributed by atoms with van der Waals surface area (Å²) < 4.78 is 0. The van der Waals surface area contributed by atoms with Crippen LogP contribution in [0.4, 0.5) is 0 Å². The third kappa shape index (κ3) is 5.14. The van der Waals surface area contributed by atoms with Crippen molar-refractivity contribution in [2.45, 2.75) is 98.8 Å². The highest BCUT2D eigenvalue weighted by atomic mass is 14.3. The van der Waals surface area contributed by atoms with Crippen LogP contribution >= 0.6 is 0 Å². The summed E-state index contributed by atoms with van der Waals surface area (Å²) in [6, 6.07) is 7.30. The number of rotatable bonds is 2. The van der Waals surface area contributed by atoms with Crippen LogP contribution < -0.4 is 0 Å². The van der Waals surface area contributed by atoms with Crippen molar-refractivity contribution in [1.82, 2.24) is 0 Å². The first-order valence-electron chi connectivity index (χ1n) is 8.69. The Morgan fingerprint density at radius 2 is 0.864 bits per heavy atom. The number of benzene rings is 1. The van der Waals surface area contributed by atoms with Crippen molar-refractivity contribution < 1.29 is 0 Å². The van der Waals surface area contributed by atoms with Crippen molar-refractivity contribution in [1.29, 1.82) is 0 Å². The zero-order valence-electron chi connectivity index (χ0n) is 16.9. The largest absolute Gasteiger partial charge is 0.0601 e. The second-order valence-corrected chi connectivity index (χ2v) is 10.9. The van der Waals surface area contributed by atoms with Crippen molar-refractivity contribution in [2.24, 2.45) is 5.41 Å². The molecule has 0 saturated carbocycles. The van der Waals surface area contributed by atoms with Gasteiger partial charge in [0.15, 0.2) is 0 Å². The molecule has 0 spiro atoms. The molecule has 0 radical (unpaired) electrons. The van der Waals surface area contributed by atoms with Gasteiger partial charge in [0, 0.05) is 0 Å². The second-order valence-electron chi connectivity index (χ2n) is 10.9. The smallest absolute Gasteiger partial charge is 0.00984 e. The molecule has 0 unspecified atom stereocenters. The molecule has 0 aromatic heterocycles. The predicted octanol–water partition coefficient (Wildman–Crippen LogP) is 7.00. The van der Waals surface area contributed by atoms with Gasteiger partial charge in [0.1, 0.15) is 0 Å². The van der Waals surface area contributed by atoms with Gasteiger partial charge in [-0.15, -0.1) is 0 Å². The van der Waals surface area contributed by atoms with Gasteiger partial charge in [-0.3, -0.25) is 0 Å². The molecule has 0 amide bonds. The van der Waals surface area contributed by atoms with Crippen molar-refractivity contribution in [2.75, 3.05) is 0 Å². The SMILES string of the molecule is CC(C)(C)CC(C)(C)c1cc(C(C)(C)C)cc(C(C)(C)C)c1. The fraction of sp³-hybridized carbons (Fsp3) is 0.727. The van der Waals surface area contributed by atoms with E-state index in [-0.39, 0.29) is 16.2 Å². The van der Waals surface area contributed by atoms with Gasteiger partial charge in [-0.2, -0.15) is 0 Å². The number of hydrogen-bond acceptors (Lipinski definition) is 0. The van der Waals surface area contributed by atoms with Crippen LogP contribution in [0.2, 0.25) is 0 Å². The van der Waals surface area contributed by atoms with Gasteiger partial charge >= 0.3 is 0 Å². The van der Waals surface area contributed by atoms with E-state index in [2.05, 4.69) is 94.4 Å². The predicted molar refractivity (Wildman–Crippen MR) is 101 cm³/mol. The Hall–Kier alpha value is -0.780. The molecule has 1 aromatic carbocycles. The van der Waals surface area contributed by atoms with Crippen LogP contribution in [0.5, 0.6) is 0 Å². The normalized spacial score (nSPS) is 14.3. The fourth-order valence-electron chi connectivity index (χ4n) is 3.31. The third-order valence-electron chi connectivity index (χ3n) is 4.42. The van der Waals surface area contributed by atoms with Gasteiger partial charge in [0.25, 0.3) is 0 Å². The van der Waals surface area contributed by atoms with Crippen LogP contribution in [0.25, 0.3) is 0 Å². The molecule has 0 nitrogen and oxygen atoms in total. The highest BCUT2D eigenvalue weighted by molar-refractivity contribution is 5.40. The maximum absolute atomic E-state index is 2.45. The van der Waals surface area contributed by atoms with Crippen LogP contribution in [-0.4, -0.2) is 0 Å². The maximum atomic E-state index is 2.45. The van der Waals surface area contributed by atoms with E-state index in [0.29, 0.717) is 5.41 Å².